The Morgan fingerprint density at radius 3 is 2.26 bits per heavy atom. The zero-order chi connectivity index (χ0) is 24.9. The first-order chi connectivity index (χ1) is 15.7. The third-order valence-electron chi connectivity index (χ3n) is 13.4. The van der Waals surface area contributed by atoms with E-state index in [0.717, 1.165) is 38.5 Å². The Kier molecular flexibility index (Phi) is 5.36. The fourth-order valence-electron chi connectivity index (χ4n) is 10.7. The van der Waals surface area contributed by atoms with Gasteiger partial charge in [-0.2, -0.15) is 0 Å². The fourth-order valence-corrected chi connectivity index (χ4v) is 10.7. The predicted molar refractivity (Wildman–Crippen MR) is 134 cm³/mol. The summed E-state index contributed by atoms with van der Waals surface area (Å²) in [6.07, 6.45) is 12.0. The highest BCUT2D eigenvalue weighted by Crippen LogP contribution is 2.75. The zero-order valence-corrected chi connectivity index (χ0v) is 22.4. The number of aliphatic carboxylic acids is 1. The van der Waals surface area contributed by atoms with Crippen LogP contribution in [0.5, 0.6) is 0 Å². The highest BCUT2D eigenvalue weighted by Gasteiger charge is 2.68. The zero-order valence-electron chi connectivity index (χ0n) is 22.4. The van der Waals surface area contributed by atoms with Gasteiger partial charge in [-0.1, -0.05) is 46.3 Å². The average molecular weight is 473 g/mol. The van der Waals surface area contributed by atoms with E-state index in [1.165, 1.54) is 18.4 Å². The molecular formula is C30H48O4. The van der Waals surface area contributed by atoms with E-state index in [0.29, 0.717) is 24.7 Å². The maximum atomic E-state index is 12.3. The molecule has 0 amide bonds. The van der Waals surface area contributed by atoms with E-state index in [2.05, 4.69) is 40.7 Å². The molecule has 0 heterocycles. The van der Waals surface area contributed by atoms with Crippen LogP contribution in [0.15, 0.2) is 11.6 Å². The lowest BCUT2D eigenvalue weighted by Gasteiger charge is -2.71. The normalized spacial score (nSPS) is 54.1. The number of carboxylic acids is 1. The van der Waals surface area contributed by atoms with Gasteiger partial charge in [-0.3, -0.25) is 4.79 Å². The molecule has 4 fully saturated rings. The SMILES string of the molecule is CC1(C)[C@@H](O)CC[C@]2(C)[C@H]3CC=C4[C@@H]5C[C@](C)(C(=O)O)CC[C@]5(CO)CC[C@@]4(C)[C@]3(C)CC[C@@H]12. The van der Waals surface area contributed by atoms with Crippen LogP contribution in [0.1, 0.15) is 106 Å². The maximum absolute atomic E-state index is 12.3. The Morgan fingerprint density at radius 2 is 1.62 bits per heavy atom. The Morgan fingerprint density at radius 1 is 0.941 bits per heavy atom. The minimum atomic E-state index is -0.701. The summed E-state index contributed by atoms with van der Waals surface area (Å²) in [6.45, 7) is 14.3. The van der Waals surface area contributed by atoms with Crippen molar-refractivity contribution in [3.05, 3.63) is 11.6 Å². The van der Waals surface area contributed by atoms with E-state index in [9.17, 15) is 20.1 Å². The molecule has 9 atom stereocenters. The number of hydrogen-bond acceptors (Lipinski definition) is 3. The van der Waals surface area contributed by atoms with E-state index in [1.54, 1.807) is 0 Å². The van der Waals surface area contributed by atoms with Crippen LogP contribution in [-0.4, -0.2) is 34.0 Å². The second-order valence-electron chi connectivity index (χ2n) is 14.8. The van der Waals surface area contributed by atoms with E-state index in [-0.39, 0.29) is 45.7 Å². The molecule has 3 N–H and O–H groups in total. The second kappa shape index (κ2) is 7.34. The smallest absolute Gasteiger partial charge is 0.309 e. The molecule has 0 aliphatic heterocycles. The van der Waals surface area contributed by atoms with Crippen LogP contribution in [0.3, 0.4) is 0 Å². The first-order valence-electron chi connectivity index (χ1n) is 13.9. The van der Waals surface area contributed by atoms with Crippen molar-refractivity contribution in [2.75, 3.05) is 6.61 Å². The lowest BCUT2D eigenvalue weighted by molar-refractivity contribution is -0.205. The maximum Gasteiger partial charge on any atom is 0.309 e. The van der Waals surface area contributed by atoms with Crippen molar-refractivity contribution < 1.29 is 20.1 Å². The lowest BCUT2D eigenvalue weighted by atomic mass is 9.33. The largest absolute Gasteiger partial charge is 0.481 e. The van der Waals surface area contributed by atoms with Gasteiger partial charge in [0, 0.05) is 12.0 Å². The van der Waals surface area contributed by atoms with Gasteiger partial charge in [0.1, 0.15) is 0 Å². The van der Waals surface area contributed by atoms with E-state index >= 15 is 0 Å². The number of aliphatic hydroxyl groups is 2. The summed E-state index contributed by atoms with van der Waals surface area (Å²) in [5.74, 6) is 0.600. The monoisotopic (exact) mass is 472 g/mol. The van der Waals surface area contributed by atoms with Gasteiger partial charge >= 0.3 is 5.97 Å². The number of carboxylic acid groups (broad SMARTS) is 1. The minimum Gasteiger partial charge on any atom is -0.481 e. The molecule has 4 saturated carbocycles. The Bertz CT molecular complexity index is 907. The number of fused-ring (bicyclic) bond motifs is 7. The standard InChI is InChI=1S/C30H48O4/c1-25(2)21-9-12-29(6)22(27(21,4)11-10-23(25)32)8-7-19-20-17-26(3,24(33)34)13-15-30(20,18-31)16-14-28(19,29)5/h7,20-23,31-32H,8-18H2,1-6H3,(H,33,34)/t20-,21-,22+,23-,26+,27-,28+,29+,30+/m0/s1. The van der Waals surface area contributed by atoms with Crippen molar-refractivity contribution in [2.24, 2.45) is 50.2 Å². The van der Waals surface area contributed by atoms with Crippen LogP contribution in [0.4, 0.5) is 0 Å². The van der Waals surface area contributed by atoms with Crippen molar-refractivity contribution in [3.8, 4) is 0 Å². The summed E-state index contributed by atoms with van der Waals surface area (Å²) in [7, 11) is 0. The van der Waals surface area contributed by atoms with Gasteiger partial charge in [0.2, 0.25) is 0 Å². The average Bonchev–Trinajstić information content (AvgIpc) is 2.77. The molecule has 0 unspecified atom stereocenters. The molecule has 34 heavy (non-hydrogen) atoms. The molecule has 0 bridgehead atoms. The molecule has 0 spiro atoms. The quantitative estimate of drug-likeness (QED) is 0.418. The molecule has 192 valence electrons. The third-order valence-corrected chi connectivity index (χ3v) is 13.4. The molecule has 0 radical (unpaired) electrons. The van der Waals surface area contributed by atoms with Crippen LogP contribution in [-0.2, 0) is 4.79 Å². The number of hydrogen-bond donors (Lipinski definition) is 3. The van der Waals surface area contributed by atoms with E-state index in [4.69, 9.17) is 0 Å². The highest BCUT2D eigenvalue weighted by molar-refractivity contribution is 5.74. The van der Waals surface area contributed by atoms with Crippen molar-refractivity contribution in [3.63, 3.8) is 0 Å². The molecule has 5 aliphatic rings. The molecule has 0 saturated heterocycles. The summed E-state index contributed by atoms with van der Waals surface area (Å²) in [5.41, 5.74) is 1.01. The van der Waals surface area contributed by atoms with Gasteiger partial charge in [-0.25, -0.2) is 0 Å². The molecule has 5 aliphatic carbocycles. The summed E-state index contributed by atoms with van der Waals surface area (Å²) in [4.78, 5) is 12.3. The van der Waals surface area contributed by atoms with Gasteiger partial charge in [0.15, 0.2) is 0 Å². The van der Waals surface area contributed by atoms with Crippen molar-refractivity contribution >= 4 is 5.97 Å². The minimum absolute atomic E-state index is 0.0458. The Hall–Kier alpha value is -0.870. The van der Waals surface area contributed by atoms with Crippen molar-refractivity contribution in [1.82, 2.24) is 0 Å². The number of aliphatic hydroxyl groups excluding tert-OH is 2. The van der Waals surface area contributed by atoms with Gasteiger partial charge in [0.25, 0.3) is 0 Å². The molecule has 0 aromatic heterocycles. The van der Waals surface area contributed by atoms with Gasteiger partial charge in [-0.15, -0.1) is 0 Å². The van der Waals surface area contributed by atoms with Crippen molar-refractivity contribution in [1.29, 1.82) is 0 Å². The number of rotatable bonds is 2. The predicted octanol–water partition coefficient (Wildman–Crippen LogP) is 6.21. The summed E-state index contributed by atoms with van der Waals surface area (Å²) in [6, 6.07) is 0. The molecule has 5 rings (SSSR count). The second-order valence-corrected chi connectivity index (χ2v) is 14.8. The molecule has 0 aromatic carbocycles. The van der Waals surface area contributed by atoms with Gasteiger partial charge < -0.3 is 15.3 Å². The van der Waals surface area contributed by atoms with Crippen LogP contribution in [0.25, 0.3) is 0 Å². The van der Waals surface area contributed by atoms with Gasteiger partial charge in [0.05, 0.1) is 11.5 Å². The van der Waals surface area contributed by atoms with Crippen LogP contribution < -0.4 is 0 Å². The Labute approximate surface area is 206 Å². The lowest BCUT2D eigenvalue weighted by Crippen LogP contribution is -2.65. The summed E-state index contributed by atoms with van der Waals surface area (Å²) in [5, 5.41) is 31.6. The van der Waals surface area contributed by atoms with Gasteiger partial charge in [-0.05, 0) is 111 Å². The van der Waals surface area contributed by atoms with Crippen LogP contribution in [0, 0.1) is 50.2 Å². The van der Waals surface area contributed by atoms with Crippen LogP contribution in [0.2, 0.25) is 0 Å². The van der Waals surface area contributed by atoms with E-state index in [1.807, 2.05) is 6.92 Å². The van der Waals surface area contributed by atoms with Crippen LogP contribution >= 0.6 is 0 Å². The first-order valence-corrected chi connectivity index (χ1v) is 13.9. The molecule has 4 heteroatoms. The summed E-state index contributed by atoms with van der Waals surface area (Å²) < 4.78 is 0. The Balaban J connectivity index is 1.58. The van der Waals surface area contributed by atoms with E-state index < -0.39 is 11.4 Å². The summed E-state index contributed by atoms with van der Waals surface area (Å²) >= 11 is 0. The topological polar surface area (TPSA) is 77.8 Å². The first kappa shape index (κ1) is 24.8. The molecular weight excluding hydrogens is 424 g/mol. The third kappa shape index (κ3) is 2.88. The fraction of sp³-hybridized carbons (Fsp3) is 0.900. The van der Waals surface area contributed by atoms with Crippen molar-refractivity contribution in [2.45, 2.75) is 112 Å². The number of carbonyl (C=O) groups is 1. The highest BCUT2D eigenvalue weighted by atomic mass is 16.4. The molecule has 0 aromatic rings. The molecule has 4 nitrogen and oxygen atoms in total. The number of allylic oxidation sites excluding steroid dienone is 2.